The molecule has 1 unspecified atom stereocenters. The highest BCUT2D eigenvalue weighted by molar-refractivity contribution is 5.79. The predicted octanol–water partition coefficient (Wildman–Crippen LogP) is 2.56. The number of ether oxygens (including phenoxy) is 1. The van der Waals surface area contributed by atoms with Crippen LogP contribution in [0, 0.1) is 0 Å². The third-order valence-corrected chi connectivity index (χ3v) is 8.65. The Bertz CT molecular complexity index is 814. The Morgan fingerprint density at radius 2 is 1.56 bits per heavy atom. The molecule has 2 amide bonds. The molecule has 7 nitrogen and oxygen atoms in total. The minimum atomic E-state index is -0.961. The summed E-state index contributed by atoms with van der Waals surface area (Å²) in [5.74, 6) is 0.464. The number of hydrogen-bond donors (Lipinski definition) is 3. The van der Waals surface area contributed by atoms with Crippen molar-refractivity contribution < 1.29 is 19.7 Å². The number of urea groups is 1. The minimum absolute atomic E-state index is 0.129. The number of hydrogen-bond acceptors (Lipinski definition) is 5. The fourth-order valence-electron chi connectivity index (χ4n) is 6.31. The minimum Gasteiger partial charge on any atom is -0.388 e. The Morgan fingerprint density at radius 1 is 0.938 bits per heavy atom. The molecule has 5 rings (SSSR count). The molecule has 4 N–H and O–H groups in total. The number of aliphatic hydroxyl groups is 2. The molecular weight excluding hydrogens is 406 g/mol. The van der Waals surface area contributed by atoms with Gasteiger partial charge in [-0.05, 0) is 56.4 Å². The predicted molar refractivity (Wildman–Crippen MR) is 121 cm³/mol. The third-order valence-electron chi connectivity index (χ3n) is 8.65. The van der Waals surface area contributed by atoms with E-state index in [1.165, 1.54) is 5.56 Å². The van der Waals surface area contributed by atoms with Crippen LogP contribution in [-0.2, 0) is 4.74 Å². The van der Waals surface area contributed by atoms with Gasteiger partial charge in [-0.3, -0.25) is 0 Å². The second kappa shape index (κ2) is 8.28. The topological polar surface area (TPSA) is 99.3 Å². The van der Waals surface area contributed by atoms with Gasteiger partial charge in [0.15, 0.2) is 0 Å². The normalized spacial score (nSPS) is 34.0. The number of nitrogens with two attached hydrogens (primary N) is 1. The van der Waals surface area contributed by atoms with Crippen molar-refractivity contribution in [3.05, 3.63) is 35.9 Å². The van der Waals surface area contributed by atoms with Gasteiger partial charge in [-0.2, -0.15) is 0 Å². The van der Waals surface area contributed by atoms with Gasteiger partial charge in [-0.25, -0.2) is 4.79 Å². The second-order valence-corrected chi connectivity index (χ2v) is 10.6. The van der Waals surface area contributed by atoms with Crippen molar-refractivity contribution >= 4 is 6.03 Å². The fraction of sp³-hybridized carbons (Fsp3) is 0.720. The Hall–Kier alpha value is -1.67. The van der Waals surface area contributed by atoms with Crippen LogP contribution in [0.5, 0.6) is 0 Å². The van der Waals surface area contributed by atoms with Crippen LogP contribution in [0.1, 0.15) is 69.3 Å². The van der Waals surface area contributed by atoms with Gasteiger partial charge in [-0.15, -0.1) is 0 Å². The van der Waals surface area contributed by atoms with Gasteiger partial charge in [0.2, 0.25) is 0 Å². The lowest BCUT2D eigenvalue weighted by atomic mass is 9.71. The number of carbonyl (C=O) groups excluding carboxylic acids is 1. The number of carbonyl (C=O) groups is 1. The van der Waals surface area contributed by atoms with Gasteiger partial charge in [0, 0.05) is 26.1 Å². The maximum absolute atomic E-state index is 13.7. The van der Waals surface area contributed by atoms with Gasteiger partial charge in [-0.1, -0.05) is 30.3 Å². The van der Waals surface area contributed by atoms with Crippen LogP contribution < -0.4 is 5.73 Å². The Labute approximate surface area is 190 Å². The van der Waals surface area contributed by atoms with E-state index in [4.69, 9.17) is 10.5 Å². The molecule has 2 aliphatic heterocycles. The van der Waals surface area contributed by atoms with E-state index in [1.54, 1.807) is 4.90 Å². The molecule has 2 saturated heterocycles. The Kier molecular flexibility index (Phi) is 5.73. The van der Waals surface area contributed by atoms with E-state index < -0.39 is 22.9 Å². The molecule has 4 fully saturated rings. The first-order chi connectivity index (χ1) is 15.3. The summed E-state index contributed by atoms with van der Waals surface area (Å²) < 4.78 is 5.42. The van der Waals surface area contributed by atoms with E-state index in [0.29, 0.717) is 38.5 Å². The number of amides is 2. The van der Waals surface area contributed by atoms with Gasteiger partial charge in [0.1, 0.15) is 6.17 Å². The molecule has 4 aliphatic rings. The SMILES string of the molecule is NC1N(CC2(O)CCOCC2)C(=O)N(CC2(O)CCC2)C12CCC(c1ccccc1)CC2. The van der Waals surface area contributed by atoms with Gasteiger partial charge in [0.05, 0.1) is 29.8 Å². The van der Waals surface area contributed by atoms with E-state index in [9.17, 15) is 15.0 Å². The lowest BCUT2D eigenvalue weighted by Crippen LogP contribution is -2.61. The van der Waals surface area contributed by atoms with Crippen LogP contribution in [0.2, 0.25) is 0 Å². The molecule has 2 aliphatic carbocycles. The lowest BCUT2D eigenvalue weighted by Gasteiger charge is -2.49. The van der Waals surface area contributed by atoms with Crippen molar-refractivity contribution in [2.45, 2.75) is 86.6 Å². The zero-order chi connectivity index (χ0) is 22.4. The molecule has 2 heterocycles. The fourth-order valence-corrected chi connectivity index (χ4v) is 6.31. The van der Waals surface area contributed by atoms with Gasteiger partial charge in [0.25, 0.3) is 0 Å². The largest absolute Gasteiger partial charge is 0.388 e. The van der Waals surface area contributed by atoms with E-state index >= 15 is 0 Å². The van der Waals surface area contributed by atoms with E-state index in [-0.39, 0.29) is 12.6 Å². The van der Waals surface area contributed by atoms with Crippen LogP contribution in [0.4, 0.5) is 4.79 Å². The molecule has 2 saturated carbocycles. The average Bonchev–Trinajstić information content (AvgIpc) is 2.96. The monoisotopic (exact) mass is 443 g/mol. The van der Waals surface area contributed by atoms with Crippen LogP contribution in [-0.4, -0.2) is 75.3 Å². The summed E-state index contributed by atoms with van der Waals surface area (Å²) in [5.41, 5.74) is 5.94. The average molecular weight is 444 g/mol. The molecule has 1 atom stereocenters. The molecule has 0 aromatic heterocycles. The molecular formula is C25H37N3O4. The van der Waals surface area contributed by atoms with Crippen molar-refractivity contribution in [1.29, 1.82) is 0 Å². The number of benzene rings is 1. The third kappa shape index (κ3) is 3.83. The lowest BCUT2D eigenvalue weighted by molar-refractivity contribution is -0.0791. The summed E-state index contributed by atoms with van der Waals surface area (Å²) >= 11 is 0. The van der Waals surface area contributed by atoms with Crippen molar-refractivity contribution in [3.8, 4) is 0 Å². The van der Waals surface area contributed by atoms with Crippen LogP contribution in [0.15, 0.2) is 30.3 Å². The Morgan fingerprint density at radius 3 is 2.16 bits per heavy atom. The summed E-state index contributed by atoms with van der Waals surface area (Å²) in [7, 11) is 0. The van der Waals surface area contributed by atoms with Crippen molar-refractivity contribution in [2.75, 3.05) is 26.3 Å². The van der Waals surface area contributed by atoms with Crippen molar-refractivity contribution in [2.24, 2.45) is 5.73 Å². The van der Waals surface area contributed by atoms with Crippen LogP contribution in [0.3, 0.4) is 0 Å². The molecule has 1 aromatic carbocycles. The first-order valence-electron chi connectivity index (χ1n) is 12.3. The molecule has 1 aromatic rings. The van der Waals surface area contributed by atoms with Crippen molar-refractivity contribution in [3.63, 3.8) is 0 Å². The maximum Gasteiger partial charge on any atom is 0.322 e. The zero-order valence-corrected chi connectivity index (χ0v) is 18.9. The number of nitrogens with zero attached hydrogens (tertiary/aromatic N) is 2. The van der Waals surface area contributed by atoms with E-state index in [1.807, 2.05) is 11.0 Å². The first-order valence-corrected chi connectivity index (χ1v) is 12.3. The molecule has 176 valence electrons. The highest BCUT2D eigenvalue weighted by Gasteiger charge is 2.59. The second-order valence-electron chi connectivity index (χ2n) is 10.6. The van der Waals surface area contributed by atoms with Gasteiger partial charge >= 0.3 is 6.03 Å². The quantitative estimate of drug-likeness (QED) is 0.650. The summed E-state index contributed by atoms with van der Waals surface area (Å²) in [6.07, 6.45) is 6.55. The highest BCUT2D eigenvalue weighted by atomic mass is 16.5. The maximum atomic E-state index is 13.7. The smallest absolute Gasteiger partial charge is 0.322 e. The Balaban J connectivity index is 1.39. The highest BCUT2D eigenvalue weighted by Crippen LogP contribution is 2.48. The van der Waals surface area contributed by atoms with Crippen molar-refractivity contribution in [1.82, 2.24) is 9.80 Å². The summed E-state index contributed by atoms with van der Waals surface area (Å²) in [5, 5.41) is 22.1. The number of rotatable bonds is 5. The van der Waals surface area contributed by atoms with Crippen LogP contribution >= 0.6 is 0 Å². The molecule has 0 bridgehead atoms. The first kappa shape index (κ1) is 22.1. The molecule has 7 heteroatoms. The zero-order valence-electron chi connectivity index (χ0n) is 18.9. The van der Waals surface area contributed by atoms with Crippen LogP contribution in [0.25, 0.3) is 0 Å². The van der Waals surface area contributed by atoms with Gasteiger partial charge < -0.3 is 30.5 Å². The molecule has 0 radical (unpaired) electrons. The standard InChI is InChI=1S/C25H37N3O4/c26-21-25(11-7-20(8-12-25)19-5-2-1-3-6-19)28(18-23(30)9-4-10-23)22(29)27(21)17-24(31)13-15-32-16-14-24/h1-3,5-6,20-21,30-31H,4,7-18,26H2. The van der Waals surface area contributed by atoms with E-state index in [0.717, 1.165) is 44.9 Å². The molecule has 32 heavy (non-hydrogen) atoms. The summed E-state index contributed by atoms with van der Waals surface area (Å²) in [4.78, 5) is 17.3. The van der Waals surface area contributed by atoms with E-state index in [2.05, 4.69) is 24.3 Å². The summed E-state index contributed by atoms with van der Waals surface area (Å²) in [6.45, 7) is 1.57. The number of β-amino-alcohol motifs (C(OH)–C–C–N with tert-alkyl or cyclic N) is 2. The summed E-state index contributed by atoms with van der Waals surface area (Å²) in [6, 6.07) is 10.4. The molecule has 1 spiro atoms.